The third-order valence-corrected chi connectivity index (χ3v) is 3.36. The highest BCUT2D eigenvalue weighted by Crippen LogP contribution is 2.33. The lowest BCUT2D eigenvalue weighted by atomic mass is 10.0. The van der Waals surface area contributed by atoms with Gasteiger partial charge in [-0.3, -0.25) is 4.79 Å². The van der Waals surface area contributed by atoms with E-state index in [1.165, 1.54) is 16.8 Å². The molecule has 1 aliphatic rings. The first-order valence-corrected chi connectivity index (χ1v) is 6.65. The van der Waals surface area contributed by atoms with E-state index < -0.39 is 5.97 Å². The van der Waals surface area contributed by atoms with Gasteiger partial charge in [-0.15, -0.1) is 0 Å². The molecule has 0 aromatic heterocycles. The zero-order valence-corrected chi connectivity index (χ0v) is 11.1. The topological polar surface area (TPSA) is 40.5 Å². The van der Waals surface area contributed by atoms with E-state index in [-0.39, 0.29) is 6.42 Å². The molecule has 1 aromatic rings. The van der Waals surface area contributed by atoms with Gasteiger partial charge in [0.25, 0.3) is 0 Å². The fourth-order valence-corrected chi connectivity index (χ4v) is 2.69. The molecule has 0 saturated heterocycles. The first-order valence-electron chi connectivity index (χ1n) is 6.65. The molecule has 0 fully saturated rings. The van der Waals surface area contributed by atoms with Crippen LogP contribution in [-0.2, 0) is 17.6 Å². The minimum atomic E-state index is -0.721. The Kier molecular flexibility index (Phi) is 3.90. The zero-order chi connectivity index (χ0) is 13.1. The minimum absolute atomic E-state index is 0.214. The lowest BCUT2D eigenvalue weighted by molar-refractivity contribution is -0.136. The van der Waals surface area contributed by atoms with E-state index in [2.05, 4.69) is 36.9 Å². The first kappa shape index (κ1) is 12.9. The fraction of sp³-hybridized carbons (Fsp3) is 0.533. The Morgan fingerprint density at radius 2 is 2.22 bits per heavy atom. The van der Waals surface area contributed by atoms with Gasteiger partial charge in [0.1, 0.15) is 0 Å². The van der Waals surface area contributed by atoms with Gasteiger partial charge in [0.15, 0.2) is 0 Å². The van der Waals surface area contributed by atoms with Crippen molar-refractivity contribution in [1.82, 2.24) is 0 Å². The number of rotatable bonds is 5. The van der Waals surface area contributed by atoms with Crippen LogP contribution in [-0.4, -0.2) is 24.2 Å². The minimum Gasteiger partial charge on any atom is -0.481 e. The molecule has 3 heteroatoms. The van der Waals surface area contributed by atoms with Crippen LogP contribution < -0.4 is 4.90 Å². The maximum atomic E-state index is 10.7. The summed E-state index contributed by atoms with van der Waals surface area (Å²) in [5.41, 5.74) is 3.86. The fourth-order valence-electron chi connectivity index (χ4n) is 2.69. The predicted molar refractivity (Wildman–Crippen MR) is 73.2 cm³/mol. The number of carboxylic acid groups (broad SMARTS) is 1. The van der Waals surface area contributed by atoms with Crippen molar-refractivity contribution in [1.29, 1.82) is 0 Å². The number of aryl methyl sites for hydroxylation is 1. The molecule has 1 aromatic carbocycles. The van der Waals surface area contributed by atoms with Crippen LogP contribution in [0.3, 0.4) is 0 Å². The van der Waals surface area contributed by atoms with Crippen molar-refractivity contribution in [3.05, 3.63) is 29.3 Å². The summed E-state index contributed by atoms with van der Waals surface area (Å²) in [5, 5.41) is 8.82. The van der Waals surface area contributed by atoms with Gasteiger partial charge < -0.3 is 10.0 Å². The number of hydrogen-bond acceptors (Lipinski definition) is 2. The van der Waals surface area contributed by atoms with Gasteiger partial charge in [0.2, 0.25) is 0 Å². The van der Waals surface area contributed by atoms with Gasteiger partial charge in [-0.2, -0.15) is 0 Å². The quantitative estimate of drug-likeness (QED) is 0.869. The highest BCUT2D eigenvalue weighted by Gasteiger charge is 2.22. The van der Waals surface area contributed by atoms with Gasteiger partial charge in [0.05, 0.1) is 0 Å². The monoisotopic (exact) mass is 247 g/mol. The number of benzene rings is 1. The lowest BCUT2D eigenvalue weighted by Gasteiger charge is -2.24. The van der Waals surface area contributed by atoms with Crippen LogP contribution in [0.4, 0.5) is 5.69 Å². The Labute approximate surface area is 108 Å². The summed E-state index contributed by atoms with van der Waals surface area (Å²) in [6, 6.07) is 6.29. The Balaban J connectivity index is 2.21. The molecule has 1 heterocycles. The molecule has 1 N–H and O–H groups in total. The number of aliphatic carboxylic acids is 1. The van der Waals surface area contributed by atoms with Crippen molar-refractivity contribution in [3.8, 4) is 0 Å². The van der Waals surface area contributed by atoms with E-state index >= 15 is 0 Å². The van der Waals surface area contributed by atoms with E-state index in [9.17, 15) is 4.79 Å². The molecule has 0 amide bonds. The third kappa shape index (κ3) is 2.84. The van der Waals surface area contributed by atoms with E-state index in [0.29, 0.717) is 12.3 Å². The average Bonchev–Trinajstić information content (AvgIpc) is 2.69. The Morgan fingerprint density at radius 3 is 2.89 bits per heavy atom. The Morgan fingerprint density at radius 1 is 1.44 bits per heavy atom. The van der Waals surface area contributed by atoms with E-state index in [1.807, 2.05) is 0 Å². The third-order valence-electron chi connectivity index (χ3n) is 3.36. The van der Waals surface area contributed by atoms with Gasteiger partial charge in [-0.25, -0.2) is 0 Å². The molecule has 0 aliphatic carbocycles. The predicted octanol–water partition coefficient (Wildman–Crippen LogP) is 2.72. The summed E-state index contributed by atoms with van der Waals surface area (Å²) < 4.78 is 0. The largest absolute Gasteiger partial charge is 0.481 e. The highest BCUT2D eigenvalue weighted by molar-refractivity contribution is 5.69. The second-order valence-corrected chi connectivity index (χ2v) is 5.41. The second-order valence-electron chi connectivity index (χ2n) is 5.41. The first-order chi connectivity index (χ1) is 8.58. The number of fused-ring (bicyclic) bond motifs is 1. The maximum absolute atomic E-state index is 10.7. The molecular formula is C15H21NO2. The molecule has 0 radical (unpaired) electrons. The molecule has 18 heavy (non-hydrogen) atoms. The summed E-state index contributed by atoms with van der Waals surface area (Å²) in [4.78, 5) is 13.1. The molecule has 98 valence electrons. The van der Waals surface area contributed by atoms with Crippen molar-refractivity contribution in [2.24, 2.45) is 5.92 Å². The van der Waals surface area contributed by atoms with E-state index in [1.54, 1.807) is 0 Å². The summed E-state index contributed by atoms with van der Waals surface area (Å²) in [6.07, 6.45) is 1.93. The smallest absolute Gasteiger partial charge is 0.303 e. The summed E-state index contributed by atoms with van der Waals surface area (Å²) >= 11 is 0. The van der Waals surface area contributed by atoms with Crippen LogP contribution >= 0.6 is 0 Å². The second kappa shape index (κ2) is 5.42. The Hall–Kier alpha value is -1.51. The van der Waals surface area contributed by atoms with Gasteiger partial charge in [-0.05, 0) is 29.9 Å². The summed E-state index contributed by atoms with van der Waals surface area (Å²) in [5.74, 6) is -0.0931. The van der Waals surface area contributed by atoms with Crippen LogP contribution in [0.5, 0.6) is 0 Å². The number of nitrogens with zero attached hydrogens (tertiary/aromatic N) is 1. The molecular weight excluding hydrogens is 226 g/mol. The molecule has 3 nitrogen and oxygen atoms in total. The Bertz CT molecular complexity index is 440. The summed E-state index contributed by atoms with van der Waals surface area (Å²) in [7, 11) is 0. The SMILES string of the molecule is CC(C)CN1CCc2cccc(CCC(=O)O)c21. The standard InChI is InChI=1S/C15H21NO2/c1-11(2)10-16-9-8-13-5-3-4-12(15(13)16)6-7-14(17)18/h3-5,11H,6-10H2,1-2H3,(H,17,18). The van der Waals surface area contributed by atoms with Crippen molar-refractivity contribution in [2.45, 2.75) is 33.1 Å². The number of carboxylic acids is 1. The van der Waals surface area contributed by atoms with Crippen LogP contribution in [0.25, 0.3) is 0 Å². The van der Waals surface area contributed by atoms with E-state index in [4.69, 9.17) is 5.11 Å². The van der Waals surface area contributed by atoms with Gasteiger partial charge in [-0.1, -0.05) is 32.0 Å². The van der Waals surface area contributed by atoms with Crippen LogP contribution in [0.2, 0.25) is 0 Å². The normalized spacial score (nSPS) is 14.1. The van der Waals surface area contributed by atoms with E-state index in [0.717, 1.165) is 19.5 Å². The number of para-hydroxylation sites is 1. The van der Waals surface area contributed by atoms with Crippen molar-refractivity contribution in [3.63, 3.8) is 0 Å². The molecule has 0 unspecified atom stereocenters. The van der Waals surface area contributed by atoms with Gasteiger partial charge >= 0.3 is 5.97 Å². The highest BCUT2D eigenvalue weighted by atomic mass is 16.4. The van der Waals surface area contributed by atoms with Crippen LogP contribution in [0.1, 0.15) is 31.4 Å². The van der Waals surface area contributed by atoms with Crippen molar-refractivity contribution in [2.75, 3.05) is 18.0 Å². The number of hydrogen-bond donors (Lipinski definition) is 1. The van der Waals surface area contributed by atoms with Crippen molar-refractivity contribution < 1.29 is 9.90 Å². The molecule has 0 bridgehead atoms. The maximum Gasteiger partial charge on any atom is 0.303 e. The van der Waals surface area contributed by atoms with Crippen LogP contribution in [0, 0.1) is 5.92 Å². The number of carbonyl (C=O) groups is 1. The molecule has 0 saturated carbocycles. The van der Waals surface area contributed by atoms with Gasteiger partial charge in [0, 0.05) is 25.2 Å². The zero-order valence-electron chi connectivity index (χ0n) is 11.1. The van der Waals surface area contributed by atoms with Crippen molar-refractivity contribution >= 4 is 11.7 Å². The number of anilines is 1. The molecule has 0 spiro atoms. The molecule has 2 rings (SSSR count). The summed E-state index contributed by atoms with van der Waals surface area (Å²) in [6.45, 7) is 6.56. The molecule has 0 atom stereocenters. The lowest BCUT2D eigenvalue weighted by Crippen LogP contribution is -2.26. The average molecular weight is 247 g/mol. The van der Waals surface area contributed by atoms with Crippen LogP contribution in [0.15, 0.2) is 18.2 Å². The molecule has 1 aliphatic heterocycles.